The van der Waals surface area contributed by atoms with Gasteiger partial charge in [0.1, 0.15) is 6.04 Å². The van der Waals surface area contributed by atoms with Gasteiger partial charge in [-0.2, -0.15) is 0 Å². The van der Waals surface area contributed by atoms with E-state index in [0.717, 1.165) is 30.5 Å². The van der Waals surface area contributed by atoms with Gasteiger partial charge in [-0.05, 0) is 24.7 Å². The fourth-order valence-electron chi connectivity index (χ4n) is 3.71. The molecule has 1 unspecified atom stereocenters. The van der Waals surface area contributed by atoms with Crippen LogP contribution in [0.3, 0.4) is 0 Å². The molecule has 4 N–H and O–H groups in total. The minimum atomic E-state index is -1.03. The van der Waals surface area contributed by atoms with Crippen LogP contribution in [0.2, 0.25) is 0 Å². The average Bonchev–Trinajstić information content (AvgIpc) is 3.10. The van der Waals surface area contributed by atoms with Crippen molar-refractivity contribution < 1.29 is 24.6 Å². The molecule has 0 spiro atoms. The number of rotatable bonds is 8. The van der Waals surface area contributed by atoms with Gasteiger partial charge in [0.25, 0.3) is 0 Å². The molecule has 1 fully saturated rings. The van der Waals surface area contributed by atoms with Crippen LogP contribution in [-0.2, 0) is 14.4 Å². The van der Waals surface area contributed by atoms with Crippen molar-refractivity contribution in [2.75, 3.05) is 38.0 Å². The molecule has 29 heavy (non-hydrogen) atoms. The van der Waals surface area contributed by atoms with Gasteiger partial charge in [0, 0.05) is 61.0 Å². The number of aromatic amines is 1. The molecule has 1 amide bonds. The van der Waals surface area contributed by atoms with E-state index < -0.39 is 23.9 Å². The summed E-state index contributed by atoms with van der Waals surface area (Å²) in [6.45, 7) is 6.03. The molecule has 1 atom stereocenters. The molecule has 3 rings (SSSR count). The van der Waals surface area contributed by atoms with Gasteiger partial charge >= 0.3 is 11.9 Å². The lowest BCUT2D eigenvalue weighted by Crippen LogP contribution is -2.49. The van der Waals surface area contributed by atoms with E-state index >= 15 is 0 Å². The average molecular weight is 402 g/mol. The Labute approximate surface area is 168 Å². The highest BCUT2D eigenvalue weighted by atomic mass is 16.4. The summed E-state index contributed by atoms with van der Waals surface area (Å²) >= 11 is 0. The normalized spacial score (nSPS) is 16.6. The van der Waals surface area contributed by atoms with Crippen molar-refractivity contribution in [2.45, 2.75) is 25.8 Å². The molecule has 9 heteroatoms. The van der Waals surface area contributed by atoms with Gasteiger partial charge in [-0.3, -0.25) is 19.3 Å². The summed E-state index contributed by atoms with van der Waals surface area (Å²) in [6, 6.07) is 4.44. The summed E-state index contributed by atoms with van der Waals surface area (Å²) in [7, 11) is 0. The Morgan fingerprint density at radius 3 is 2.48 bits per heavy atom. The van der Waals surface area contributed by atoms with Crippen molar-refractivity contribution in [3.05, 3.63) is 30.0 Å². The number of carboxylic acids is 2. The van der Waals surface area contributed by atoms with Crippen LogP contribution in [0.1, 0.15) is 31.4 Å². The minimum absolute atomic E-state index is 0.118. The molecular formula is C20H26N4O5. The maximum Gasteiger partial charge on any atom is 0.325 e. The number of nitrogens with zero attached hydrogens (tertiary/aromatic N) is 2. The number of amides is 1. The number of piperazine rings is 1. The summed E-state index contributed by atoms with van der Waals surface area (Å²) in [6.07, 6.45) is 1.35. The third-order valence-corrected chi connectivity index (χ3v) is 5.31. The van der Waals surface area contributed by atoms with Crippen LogP contribution in [-0.4, -0.2) is 75.6 Å². The number of H-pyrrole nitrogens is 1. The zero-order chi connectivity index (χ0) is 21.0. The molecule has 0 aliphatic carbocycles. The Bertz CT molecular complexity index is 901. The van der Waals surface area contributed by atoms with Crippen LogP contribution in [0.5, 0.6) is 0 Å². The van der Waals surface area contributed by atoms with Crippen molar-refractivity contribution in [1.29, 1.82) is 0 Å². The number of aromatic nitrogens is 1. The molecular weight excluding hydrogens is 376 g/mol. The molecule has 1 aliphatic rings. The summed E-state index contributed by atoms with van der Waals surface area (Å²) < 4.78 is 0. The number of carbonyl (C=O) groups excluding carboxylic acids is 1. The van der Waals surface area contributed by atoms with Crippen LogP contribution < -0.4 is 5.32 Å². The summed E-state index contributed by atoms with van der Waals surface area (Å²) in [5.41, 5.74) is 1.94. The predicted molar refractivity (Wildman–Crippen MR) is 108 cm³/mol. The van der Waals surface area contributed by atoms with E-state index in [1.54, 1.807) is 24.4 Å². The second-order valence-corrected chi connectivity index (χ2v) is 7.16. The van der Waals surface area contributed by atoms with Gasteiger partial charge in [-0.1, -0.05) is 6.92 Å². The summed E-state index contributed by atoms with van der Waals surface area (Å²) in [5.74, 6) is -2.34. The molecule has 2 heterocycles. The van der Waals surface area contributed by atoms with Crippen molar-refractivity contribution in [3.63, 3.8) is 0 Å². The first-order valence-electron chi connectivity index (χ1n) is 9.71. The molecule has 0 radical (unpaired) electrons. The number of carboxylic acid groups (broad SMARTS) is 2. The number of carbonyl (C=O) groups is 3. The van der Waals surface area contributed by atoms with Crippen molar-refractivity contribution in [2.24, 2.45) is 0 Å². The number of hydrogen-bond acceptors (Lipinski definition) is 5. The van der Waals surface area contributed by atoms with E-state index in [-0.39, 0.29) is 12.8 Å². The van der Waals surface area contributed by atoms with Crippen molar-refractivity contribution in [1.82, 2.24) is 14.8 Å². The Morgan fingerprint density at radius 1 is 1.14 bits per heavy atom. The largest absolute Gasteiger partial charge is 0.481 e. The Kier molecular flexibility index (Phi) is 6.50. The third kappa shape index (κ3) is 4.93. The van der Waals surface area contributed by atoms with Gasteiger partial charge in [0.2, 0.25) is 5.91 Å². The standard InChI is InChI=1S/C20H26N4O5/c1-2-23-7-9-24(10-8-23)19(20(28)29)15-12-21-16-4-3-13(11-14(15)16)22-17(25)5-6-18(26)27/h3-4,11-12,19,21H,2,5-10H2,1H3,(H,22,25)(H,26,27)(H,28,29). The second kappa shape index (κ2) is 9.06. The number of fused-ring (bicyclic) bond motifs is 1. The first-order chi connectivity index (χ1) is 13.9. The third-order valence-electron chi connectivity index (χ3n) is 5.31. The number of nitrogens with one attached hydrogen (secondary N) is 2. The Balaban J connectivity index is 1.83. The van der Waals surface area contributed by atoms with E-state index in [1.807, 2.05) is 4.90 Å². The smallest absolute Gasteiger partial charge is 0.325 e. The molecule has 1 saturated heterocycles. The monoisotopic (exact) mass is 402 g/mol. The molecule has 156 valence electrons. The fraction of sp³-hybridized carbons (Fsp3) is 0.450. The topological polar surface area (TPSA) is 126 Å². The molecule has 9 nitrogen and oxygen atoms in total. The number of anilines is 1. The first kappa shape index (κ1) is 20.8. The molecule has 1 aromatic carbocycles. The lowest BCUT2D eigenvalue weighted by Gasteiger charge is -2.37. The first-order valence-corrected chi connectivity index (χ1v) is 9.71. The van der Waals surface area contributed by atoms with E-state index in [1.165, 1.54) is 0 Å². The Morgan fingerprint density at radius 2 is 1.86 bits per heavy atom. The van der Waals surface area contributed by atoms with Crippen molar-refractivity contribution in [3.8, 4) is 0 Å². The molecule has 1 aliphatic heterocycles. The highest BCUT2D eigenvalue weighted by Crippen LogP contribution is 2.31. The van der Waals surface area contributed by atoms with E-state index in [9.17, 15) is 19.5 Å². The van der Waals surface area contributed by atoms with E-state index in [0.29, 0.717) is 24.3 Å². The van der Waals surface area contributed by atoms with E-state index in [4.69, 9.17) is 5.11 Å². The Hall–Kier alpha value is -2.91. The molecule has 1 aromatic heterocycles. The van der Waals surface area contributed by atoms with E-state index in [2.05, 4.69) is 22.1 Å². The van der Waals surface area contributed by atoms with Crippen molar-refractivity contribution >= 4 is 34.4 Å². The maximum atomic E-state index is 12.1. The van der Waals surface area contributed by atoms with Gasteiger partial charge in [-0.25, -0.2) is 0 Å². The number of hydrogen-bond donors (Lipinski definition) is 4. The SMILES string of the molecule is CCN1CCN(C(C(=O)O)c2c[nH]c3ccc(NC(=O)CCC(=O)O)cc23)CC1. The maximum absolute atomic E-state index is 12.1. The summed E-state index contributed by atoms with van der Waals surface area (Å²) in [4.78, 5) is 42.0. The summed E-state index contributed by atoms with van der Waals surface area (Å²) in [5, 5.41) is 22.0. The van der Waals surface area contributed by atoms with Crippen LogP contribution in [0.25, 0.3) is 10.9 Å². The quantitative estimate of drug-likeness (QED) is 0.530. The lowest BCUT2D eigenvalue weighted by molar-refractivity contribution is -0.144. The van der Waals surface area contributed by atoms with Crippen LogP contribution in [0.15, 0.2) is 24.4 Å². The predicted octanol–water partition coefficient (Wildman–Crippen LogP) is 1.73. The van der Waals surface area contributed by atoms with Gasteiger partial charge in [0.05, 0.1) is 6.42 Å². The van der Waals surface area contributed by atoms with Gasteiger partial charge in [-0.15, -0.1) is 0 Å². The number of likely N-dealkylation sites (N-methyl/N-ethyl adjacent to an activating group) is 1. The zero-order valence-electron chi connectivity index (χ0n) is 16.4. The second-order valence-electron chi connectivity index (χ2n) is 7.16. The van der Waals surface area contributed by atoms with Gasteiger partial charge < -0.3 is 25.4 Å². The molecule has 2 aromatic rings. The minimum Gasteiger partial charge on any atom is -0.481 e. The highest BCUT2D eigenvalue weighted by Gasteiger charge is 2.31. The number of benzene rings is 1. The zero-order valence-corrected chi connectivity index (χ0v) is 16.4. The number of aliphatic carboxylic acids is 2. The fourth-order valence-corrected chi connectivity index (χ4v) is 3.71. The van der Waals surface area contributed by atoms with Crippen LogP contribution in [0, 0.1) is 0 Å². The van der Waals surface area contributed by atoms with Gasteiger partial charge in [0.15, 0.2) is 0 Å². The van der Waals surface area contributed by atoms with Crippen LogP contribution in [0.4, 0.5) is 5.69 Å². The molecule has 0 saturated carbocycles. The highest BCUT2D eigenvalue weighted by molar-refractivity contribution is 5.96. The van der Waals surface area contributed by atoms with Crippen LogP contribution >= 0.6 is 0 Å². The lowest BCUT2D eigenvalue weighted by atomic mass is 10.0. The molecule has 0 bridgehead atoms.